The smallest absolute Gasteiger partial charge is 0.00325 e. The Kier molecular flexibility index (Phi) is 5.02. The van der Waals surface area contributed by atoms with Crippen LogP contribution in [0.2, 0.25) is 0 Å². The quantitative estimate of drug-likeness (QED) is 0.477. The topological polar surface area (TPSA) is 0 Å². The van der Waals surface area contributed by atoms with E-state index in [-0.39, 0.29) is 0 Å². The van der Waals surface area contributed by atoms with E-state index in [1.54, 1.807) is 11.1 Å². The zero-order valence-electron chi connectivity index (χ0n) is 18.5. The molecule has 0 saturated carbocycles. The minimum absolute atomic E-state index is 0.314. The van der Waals surface area contributed by atoms with Crippen molar-refractivity contribution in [2.24, 2.45) is 29.1 Å². The molecular formula is C28H36. The summed E-state index contributed by atoms with van der Waals surface area (Å²) in [6.45, 7) is 14.2. The van der Waals surface area contributed by atoms with Gasteiger partial charge in [-0.1, -0.05) is 83.2 Å². The van der Waals surface area contributed by atoms with Crippen LogP contribution in [0, 0.1) is 36.0 Å². The van der Waals surface area contributed by atoms with E-state index in [0.29, 0.717) is 17.3 Å². The van der Waals surface area contributed by atoms with Crippen molar-refractivity contribution in [2.45, 2.75) is 60.8 Å². The van der Waals surface area contributed by atoms with Gasteiger partial charge in [0.25, 0.3) is 0 Å². The zero-order valence-corrected chi connectivity index (χ0v) is 18.5. The van der Waals surface area contributed by atoms with Crippen molar-refractivity contribution >= 4 is 16.3 Å². The standard InChI is InChI=1S/C28H36/c1-18(2)19(3)10-11-20(4)25-14-15-26-23-13-12-22-9-7-8-21(5)27(22)24(23)16-17-28(25,26)6/h7-13,15,18-20,25H,14,16-17H2,1-6H3/b11-10+/t19-,20-,25-,28-/m1/s1. The summed E-state index contributed by atoms with van der Waals surface area (Å²) in [5.41, 5.74) is 6.49. The summed E-state index contributed by atoms with van der Waals surface area (Å²) < 4.78 is 0. The van der Waals surface area contributed by atoms with Crippen LogP contribution in [-0.2, 0) is 6.42 Å². The Morgan fingerprint density at radius 1 is 1.04 bits per heavy atom. The first-order valence-corrected chi connectivity index (χ1v) is 11.2. The molecule has 0 bridgehead atoms. The molecule has 2 aromatic rings. The molecule has 0 spiro atoms. The molecule has 4 rings (SSSR count). The monoisotopic (exact) mass is 372 g/mol. The predicted molar refractivity (Wildman–Crippen MR) is 124 cm³/mol. The highest BCUT2D eigenvalue weighted by Crippen LogP contribution is 2.58. The fourth-order valence-corrected chi connectivity index (χ4v) is 5.72. The molecule has 0 fully saturated rings. The highest BCUT2D eigenvalue weighted by molar-refractivity contribution is 5.94. The van der Waals surface area contributed by atoms with E-state index in [1.165, 1.54) is 41.2 Å². The van der Waals surface area contributed by atoms with Crippen LogP contribution in [0.3, 0.4) is 0 Å². The molecule has 0 heteroatoms. The maximum atomic E-state index is 2.57. The number of hydrogen-bond donors (Lipinski definition) is 0. The van der Waals surface area contributed by atoms with Crippen LogP contribution < -0.4 is 0 Å². The number of fused-ring (bicyclic) bond motifs is 5. The van der Waals surface area contributed by atoms with Crippen molar-refractivity contribution in [1.29, 1.82) is 0 Å². The summed E-state index contributed by atoms with van der Waals surface area (Å²) in [5, 5.41) is 2.90. The first kappa shape index (κ1) is 19.5. The van der Waals surface area contributed by atoms with Gasteiger partial charge >= 0.3 is 0 Å². The Hall–Kier alpha value is -1.82. The summed E-state index contributed by atoms with van der Waals surface area (Å²) in [6, 6.07) is 11.5. The van der Waals surface area contributed by atoms with Gasteiger partial charge in [-0.3, -0.25) is 0 Å². The van der Waals surface area contributed by atoms with Crippen LogP contribution in [0.15, 0.2) is 48.6 Å². The van der Waals surface area contributed by atoms with Gasteiger partial charge in [-0.15, -0.1) is 0 Å². The third-order valence-electron chi connectivity index (χ3n) is 7.96. The van der Waals surface area contributed by atoms with Crippen LogP contribution in [0.5, 0.6) is 0 Å². The van der Waals surface area contributed by atoms with Gasteiger partial charge in [-0.05, 0) is 88.3 Å². The lowest BCUT2D eigenvalue weighted by atomic mass is 9.62. The van der Waals surface area contributed by atoms with Crippen LogP contribution in [0.25, 0.3) is 16.3 Å². The number of rotatable bonds is 4. The van der Waals surface area contributed by atoms with Crippen molar-refractivity contribution in [3.63, 3.8) is 0 Å². The lowest BCUT2D eigenvalue weighted by Crippen LogP contribution is -2.32. The normalized spacial score (nSPS) is 26.4. The molecule has 0 aromatic heterocycles. The molecule has 0 heterocycles. The molecule has 2 aliphatic rings. The first-order valence-electron chi connectivity index (χ1n) is 11.2. The Morgan fingerprint density at radius 3 is 2.57 bits per heavy atom. The zero-order chi connectivity index (χ0) is 20.1. The van der Waals surface area contributed by atoms with Crippen LogP contribution in [0.1, 0.15) is 64.2 Å². The summed E-state index contributed by atoms with van der Waals surface area (Å²) >= 11 is 0. The van der Waals surface area contributed by atoms with Crippen LogP contribution >= 0.6 is 0 Å². The second kappa shape index (κ2) is 7.21. The molecule has 0 unspecified atom stereocenters. The van der Waals surface area contributed by atoms with Gasteiger partial charge in [0.2, 0.25) is 0 Å². The van der Waals surface area contributed by atoms with E-state index < -0.39 is 0 Å². The molecular weight excluding hydrogens is 336 g/mol. The largest absolute Gasteiger partial charge is 0.0852 e. The maximum Gasteiger partial charge on any atom is -0.00325 e. The molecule has 0 amide bonds. The van der Waals surface area contributed by atoms with Crippen molar-refractivity contribution in [2.75, 3.05) is 0 Å². The molecule has 148 valence electrons. The van der Waals surface area contributed by atoms with Crippen molar-refractivity contribution < 1.29 is 0 Å². The predicted octanol–water partition coefficient (Wildman–Crippen LogP) is 7.99. The summed E-state index contributed by atoms with van der Waals surface area (Å²) in [5.74, 6) is 2.72. The summed E-state index contributed by atoms with van der Waals surface area (Å²) in [4.78, 5) is 0. The second-order valence-corrected chi connectivity index (χ2v) is 9.99. The maximum absolute atomic E-state index is 2.57. The molecule has 0 saturated heterocycles. The van der Waals surface area contributed by atoms with E-state index in [1.807, 2.05) is 0 Å². The molecule has 0 nitrogen and oxygen atoms in total. The Labute approximate surface area is 171 Å². The number of allylic oxidation sites excluding steroid dienone is 4. The van der Waals surface area contributed by atoms with Crippen LogP contribution in [0.4, 0.5) is 0 Å². The lowest BCUT2D eigenvalue weighted by molar-refractivity contribution is 0.217. The minimum Gasteiger partial charge on any atom is -0.0852 e. The van der Waals surface area contributed by atoms with Gasteiger partial charge in [0, 0.05) is 0 Å². The SMILES string of the molecule is Cc1cccc2ccc3c(c12)CC[C@@]1(C)C3=CC[C@@H]1[C@H](C)/C=C/[C@@H](C)C(C)C. The number of hydrogen-bond acceptors (Lipinski definition) is 0. The Bertz CT molecular complexity index is 942. The van der Waals surface area contributed by atoms with Gasteiger partial charge < -0.3 is 0 Å². The second-order valence-electron chi connectivity index (χ2n) is 9.99. The highest BCUT2D eigenvalue weighted by atomic mass is 14.5. The third-order valence-corrected chi connectivity index (χ3v) is 7.96. The molecule has 0 N–H and O–H groups in total. The fourth-order valence-electron chi connectivity index (χ4n) is 5.72. The average Bonchev–Trinajstić information content (AvgIpc) is 3.03. The van der Waals surface area contributed by atoms with Crippen molar-refractivity contribution in [3.8, 4) is 0 Å². The number of benzene rings is 2. The molecule has 2 aromatic carbocycles. The number of aryl methyl sites for hydroxylation is 2. The molecule has 0 aliphatic heterocycles. The van der Waals surface area contributed by atoms with Gasteiger partial charge in [0.1, 0.15) is 0 Å². The van der Waals surface area contributed by atoms with E-state index in [0.717, 1.165) is 11.8 Å². The van der Waals surface area contributed by atoms with E-state index in [4.69, 9.17) is 0 Å². The molecule has 2 aliphatic carbocycles. The minimum atomic E-state index is 0.314. The molecule has 0 radical (unpaired) electrons. The van der Waals surface area contributed by atoms with Crippen LogP contribution in [-0.4, -0.2) is 0 Å². The Balaban J connectivity index is 1.68. The summed E-state index contributed by atoms with van der Waals surface area (Å²) in [7, 11) is 0. The first-order chi connectivity index (χ1) is 13.3. The Morgan fingerprint density at radius 2 is 1.82 bits per heavy atom. The van der Waals surface area contributed by atoms with Gasteiger partial charge in [0.15, 0.2) is 0 Å². The van der Waals surface area contributed by atoms with E-state index >= 15 is 0 Å². The highest BCUT2D eigenvalue weighted by Gasteiger charge is 2.46. The molecule has 28 heavy (non-hydrogen) atoms. The van der Waals surface area contributed by atoms with Gasteiger partial charge in [-0.2, -0.15) is 0 Å². The fraction of sp³-hybridized carbons (Fsp3) is 0.500. The van der Waals surface area contributed by atoms with Gasteiger partial charge in [-0.25, -0.2) is 0 Å². The van der Waals surface area contributed by atoms with Crippen molar-refractivity contribution in [3.05, 3.63) is 65.3 Å². The lowest BCUT2D eigenvalue weighted by Gasteiger charge is -2.42. The van der Waals surface area contributed by atoms with E-state index in [9.17, 15) is 0 Å². The summed E-state index contributed by atoms with van der Waals surface area (Å²) in [6.07, 6.45) is 11.3. The average molecular weight is 373 g/mol. The molecule has 4 atom stereocenters. The third kappa shape index (κ3) is 3.06. The van der Waals surface area contributed by atoms with Crippen molar-refractivity contribution in [1.82, 2.24) is 0 Å². The van der Waals surface area contributed by atoms with Gasteiger partial charge in [0.05, 0.1) is 0 Å². The van der Waals surface area contributed by atoms with E-state index in [2.05, 4.69) is 90.1 Å².